The lowest BCUT2D eigenvalue weighted by atomic mass is 10.0. The van der Waals surface area contributed by atoms with Crippen LogP contribution < -0.4 is 15.0 Å². The van der Waals surface area contributed by atoms with Gasteiger partial charge in [0.15, 0.2) is 5.11 Å². The van der Waals surface area contributed by atoms with Crippen LogP contribution >= 0.6 is 12.2 Å². The second kappa shape index (κ2) is 8.95. The first-order valence-corrected chi connectivity index (χ1v) is 11.0. The summed E-state index contributed by atoms with van der Waals surface area (Å²) in [4.78, 5) is 17.3. The molecule has 1 aliphatic heterocycles. The van der Waals surface area contributed by atoms with E-state index in [1.807, 2.05) is 59.5 Å². The number of benzene rings is 2. The monoisotopic (exact) mass is 472 g/mol. The average Bonchev–Trinajstić information content (AvgIpc) is 3.49. The molecule has 34 heavy (non-hydrogen) atoms. The van der Waals surface area contributed by atoms with Crippen molar-refractivity contribution in [2.24, 2.45) is 0 Å². The molecule has 8 nitrogen and oxygen atoms in total. The predicted octanol–water partition coefficient (Wildman–Crippen LogP) is 5.44. The molecule has 1 saturated heterocycles. The van der Waals surface area contributed by atoms with Gasteiger partial charge in [0, 0.05) is 29.6 Å². The van der Waals surface area contributed by atoms with E-state index in [0.717, 1.165) is 17.1 Å². The average molecular weight is 473 g/mol. The van der Waals surface area contributed by atoms with E-state index in [9.17, 15) is 10.1 Å². The summed E-state index contributed by atoms with van der Waals surface area (Å²) in [6.07, 6.45) is 1.74. The molecule has 9 heteroatoms. The third kappa shape index (κ3) is 3.97. The minimum atomic E-state index is -0.421. The van der Waals surface area contributed by atoms with E-state index < -0.39 is 4.92 Å². The number of hydrogen-bond acceptors (Lipinski definition) is 6. The number of ether oxygens (including phenoxy) is 1. The number of aromatic nitrogens is 1. The number of nitro benzene ring substituents is 1. The Kier molecular flexibility index (Phi) is 5.69. The van der Waals surface area contributed by atoms with Crippen LogP contribution in [0.1, 0.15) is 23.5 Å². The Morgan fingerprint density at radius 3 is 2.62 bits per heavy atom. The lowest BCUT2D eigenvalue weighted by Crippen LogP contribution is -2.29. The predicted molar refractivity (Wildman–Crippen MR) is 132 cm³/mol. The summed E-state index contributed by atoms with van der Waals surface area (Å²) >= 11 is 5.72. The molecule has 5 rings (SSSR count). The number of nitrogens with zero attached hydrogens (tertiary/aromatic N) is 3. The van der Waals surface area contributed by atoms with Crippen molar-refractivity contribution in [3.8, 4) is 17.1 Å². The van der Waals surface area contributed by atoms with E-state index in [1.54, 1.807) is 25.4 Å². The number of methoxy groups -OCH3 is 1. The van der Waals surface area contributed by atoms with Crippen molar-refractivity contribution in [2.75, 3.05) is 12.0 Å². The van der Waals surface area contributed by atoms with Crippen LogP contribution in [0.15, 0.2) is 89.5 Å². The van der Waals surface area contributed by atoms with Gasteiger partial charge >= 0.3 is 0 Å². The van der Waals surface area contributed by atoms with Gasteiger partial charge in [-0.25, -0.2) is 0 Å². The van der Waals surface area contributed by atoms with Crippen LogP contribution in [0.25, 0.3) is 11.3 Å². The Labute approximate surface area is 201 Å². The largest absolute Gasteiger partial charge is 0.497 e. The number of anilines is 1. The summed E-state index contributed by atoms with van der Waals surface area (Å²) < 4.78 is 11.6. The van der Waals surface area contributed by atoms with Crippen molar-refractivity contribution in [1.29, 1.82) is 0 Å². The lowest BCUT2D eigenvalue weighted by Gasteiger charge is -2.26. The van der Waals surface area contributed by atoms with Gasteiger partial charge in [-0.1, -0.05) is 18.2 Å². The number of hydrogen-bond donors (Lipinski definition) is 1. The molecule has 2 atom stereocenters. The van der Waals surface area contributed by atoms with Crippen LogP contribution in [0, 0.1) is 10.1 Å². The molecule has 0 radical (unpaired) electrons. The lowest BCUT2D eigenvalue weighted by molar-refractivity contribution is -0.384. The van der Waals surface area contributed by atoms with Crippen molar-refractivity contribution in [1.82, 2.24) is 10.3 Å². The Bertz CT molecular complexity index is 1340. The second-order valence-electron chi connectivity index (χ2n) is 7.70. The first-order valence-electron chi connectivity index (χ1n) is 10.5. The van der Waals surface area contributed by atoms with Gasteiger partial charge in [0.25, 0.3) is 5.69 Å². The second-order valence-corrected chi connectivity index (χ2v) is 8.09. The quantitative estimate of drug-likeness (QED) is 0.225. The van der Waals surface area contributed by atoms with Gasteiger partial charge < -0.3 is 19.4 Å². The fourth-order valence-electron chi connectivity index (χ4n) is 4.10. The number of nitrogens with one attached hydrogen (secondary N) is 1. The van der Waals surface area contributed by atoms with Crippen LogP contribution in [-0.4, -0.2) is 22.1 Å². The van der Waals surface area contributed by atoms with Gasteiger partial charge in [-0.15, -0.1) is 0 Å². The van der Waals surface area contributed by atoms with Crippen molar-refractivity contribution in [2.45, 2.75) is 12.1 Å². The fraction of sp³-hybridized carbons (Fsp3) is 0.120. The maximum atomic E-state index is 11.2. The first-order chi connectivity index (χ1) is 16.5. The molecular weight excluding hydrogens is 452 g/mol. The molecule has 0 unspecified atom stereocenters. The fourth-order valence-corrected chi connectivity index (χ4v) is 4.45. The zero-order valence-corrected chi connectivity index (χ0v) is 18.9. The summed E-state index contributed by atoms with van der Waals surface area (Å²) in [5, 5.41) is 15.1. The van der Waals surface area contributed by atoms with Gasteiger partial charge in [0.2, 0.25) is 0 Å². The Morgan fingerprint density at radius 2 is 1.91 bits per heavy atom. The Morgan fingerprint density at radius 1 is 1.09 bits per heavy atom. The Balaban J connectivity index is 1.58. The summed E-state index contributed by atoms with van der Waals surface area (Å²) in [6, 6.07) is 22.8. The van der Waals surface area contributed by atoms with Crippen molar-refractivity contribution in [3.05, 3.63) is 107 Å². The Hall–Kier alpha value is -4.24. The molecule has 1 N–H and O–H groups in total. The highest BCUT2D eigenvalue weighted by Gasteiger charge is 2.42. The molecule has 0 amide bonds. The van der Waals surface area contributed by atoms with Gasteiger partial charge in [0.1, 0.15) is 23.3 Å². The zero-order valence-electron chi connectivity index (χ0n) is 18.1. The first kappa shape index (κ1) is 21.6. The van der Waals surface area contributed by atoms with E-state index in [1.165, 1.54) is 12.1 Å². The summed E-state index contributed by atoms with van der Waals surface area (Å²) in [5.41, 5.74) is 2.32. The summed E-state index contributed by atoms with van der Waals surface area (Å²) in [5.74, 6) is 1.93. The molecule has 0 bridgehead atoms. The van der Waals surface area contributed by atoms with Gasteiger partial charge in [-0.2, -0.15) is 0 Å². The zero-order chi connectivity index (χ0) is 23.7. The molecule has 0 aliphatic carbocycles. The van der Waals surface area contributed by atoms with Crippen molar-refractivity contribution < 1.29 is 14.1 Å². The third-order valence-corrected chi connectivity index (χ3v) is 6.02. The molecule has 4 aromatic rings. The number of pyridine rings is 1. The molecule has 0 spiro atoms. The number of thiocarbonyl (C=S) groups is 1. The minimum Gasteiger partial charge on any atom is -0.497 e. The number of rotatable bonds is 6. The molecule has 1 aliphatic rings. The highest BCUT2D eigenvalue weighted by atomic mass is 32.1. The van der Waals surface area contributed by atoms with Crippen LogP contribution in [-0.2, 0) is 0 Å². The van der Waals surface area contributed by atoms with E-state index in [2.05, 4.69) is 10.3 Å². The molecule has 0 saturated carbocycles. The number of non-ortho nitro benzene ring substituents is 1. The molecular formula is C25H20N4O4S. The normalized spacial score (nSPS) is 17.4. The molecule has 1 fully saturated rings. The molecule has 2 aromatic heterocycles. The minimum absolute atomic E-state index is 0.00498. The van der Waals surface area contributed by atoms with Crippen LogP contribution in [0.4, 0.5) is 11.4 Å². The molecule has 170 valence electrons. The van der Waals surface area contributed by atoms with E-state index >= 15 is 0 Å². The van der Waals surface area contributed by atoms with Crippen molar-refractivity contribution >= 4 is 28.7 Å². The standard InChI is InChI=1S/C25H20N4O4S/c1-32-19-10-8-17(9-11-19)28-24(23(27-25(28)34)20-7-2-3-14-26-20)22-13-12-21(33-22)16-5-4-6-18(15-16)29(30)31/h2-15,23-24H,1H3,(H,27,34)/t23-,24+/m0/s1. The number of nitro groups is 1. The smallest absolute Gasteiger partial charge is 0.270 e. The highest BCUT2D eigenvalue weighted by molar-refractivity contribution is 7.80. The van der Waals surface area contributed by atoms with Crippen LogP contribution in [0.2, 0.25) is 0 Å². The van der Waals surface area contributed by atoms with Gasteiger partial charge in [-0.05, 0) is 60.7 Å². The van der Waals surface area contributed by atoms with E-state index in [4.69, 9.17) is 21.4 Å². The topological polar surface area (TPSA) is 93.7 Å². The van der Waals surface area contributed by atoms with Crippen LogP contribution in [0.3, 0.4) is 0 Å². The van der Waals surface area contributed by atoms with Crippen molar-refractivity contribution in [3.63, 3.8) is 0 Å². The summed E-state index contributed by atoms with van der Waals surface area (Å²) in [6.45, 7) is 0. The van der Waals surface area contributed by atoms with E-state index in [0.29, 0.717) is 22.2 Å². The number of furan rings is 1. The van der Waals surface area contributed by atoms with E-state index in [-0.39, 0.29) is 17.8 Å². The molecule has 3 heterocycles. The van der Waals surface area contributed by atoms with Gasteiger partial charge in [-0.3, -0.25) is 15.1 Å². The molecule has 2 aromatic carbocycles. The maximum absolute atomic E-state index is 11.2. The maximum Gasteiger partial charge on any atom is 0.270 e. The highest BCUT2D eigenvalue weighted by Crippen LogP contribution is 2.43. The third-order valence-electron chi connectivity index (χ3n) is 5.71. The SMILES string of the molecule is COc1ccc(N2C(=S)N[C@@H](c3ccccn3)[C@H]2c2ccc(-c3cccc([N+](=O)[O-])c3)o2)cc1. The van der Waals surface area contributed by atoms with Gasteiger partial charge in [0.05, 0.1) is 23.8 Å². The summed E-state index contributed by atoms with van der Waals surface area (Å²) in [7, 11) is 1.62. The van der Waals surface area contributed by atoms with Crippen LogP contribution in [0.5, 0.6) is 5.75 Å².